The molecule has 2 aromatic rings. The first kappa shape index (κ1) is 14.8. The van der Waals surface area contributed by atoms with Gasteiger partial charge in [-0.25, -0.2) is 0 Å². The smallest absolute Gasteiger partial charge is 0.0681 e. The number of aliphatic hydroxyl groups excluding tert-OH is 1. The van der Waals surface area contributed by atoms with Gasteiger partial charge < -0.3 is 5.11 Å². The van der Waals surface area contributed by atoms with Crippen molar-refractivity contribution in [3.8, 4) is 0 Å². The van der Waals surface area contributed by atoms with E-state index in [0.717, 1.165) is 11.1 Å². The molecule has 0 saturated carbocycles. The molecule has 0 spiro atoms. The molecule has 2 rings (SSSR count). The van der Waals surface area contributed by atoms with E-state index in [1.54, 1.807) is 0 Å². The van der Waals surface area contributed by atoms with Crippen LogP contribution in [0.4, 0.5) is 0 Å². The van der Waals surface area contributed by atoms with E-state index >= 15 is 0 Å². The average molecular weight is 255 g/mol. The number of rotatable bonds is 1. The maximum Gasteiger partial charge on any atom is 0.0681 e. The standard InChI is InChI=1S/C7H8O.C7H7.Fe/c8-6-7-4-2-1-3-5-7;1-7-5-3-2-4-6-7;/h1-5,8H,6H2;2-6H,1H2;/q;-1;. The topological polar surface area (TPSA) is 20.2 Å². The molecule has 0 heterocycles. The fourth-order valence-corrected chi connectivity index (χ4v) is 1.06. The third-order valence-electron chi connectivity index (χ3n) is 1.87. The molecule has 0 amide bonds. The second-order valence-electron chi connectivity index (χ2n) is 3.13. The fraction of sp³-hybridized carbons (Fsp3) is 0.0714. The first-order valence-corrected chi connectivity index (χ1v) is 4.84. The van der Waals surface area contributed by atoms with E-state index in [0.29, 0.717) is 0 Å². The van der Waals surface area contributed by atoms with E-state index in [9.17, 15) is 0 Å². The molecular weight excluding hydrogens is 240 g/mol. The van der Waals surface area contributed by atoms with Gasteiger partial charge in [0.1, 0.15) is 0 Å². The maximum absolute atomic E-state index is 8.54. The van der Waals surface area contributed by atoms with Crippen LogP contribution in [0.2, 0.25) is 0 Å². The van der Waals surface area contributed by atoms with E-state index in [1.165, 1.54) is 0 Å². The Bertz CT molecular complexity index is 359. The van der Waals surface area contributed by atoms with Crippen molar-refractivity contribution in [1.29, 1.82) is 0 Å². The number of hydrogen-bond donors (Lipinski definition) is 1. The minimum Gasteiger partial charge on any atom is -0.392 e. The average Bonchev–Trinajstić information content (AvgIpc) is 2.32. The van der Waals surface area contributed by atoms with Gasteiger partial charge in [-0.15, -0.1) is 12.1 Å². The van der Waals surface area contributed by atoms with Crippen molar-refractivity contribution in [2.24, 2.45) is 0 Å². The number of benzene rings is 2. The van der Waals surface area contributed by atoms with Gasteiger partial charge in [-0.05, 0) is 5.56 Å². The summed E-state index contributed by atoms with van der Waals surface area (Å²) in [6.45, 7) is 3.86. The first-order valence-electron chi connectivity index (χ1n) is 4.84. The van der Waals surface area contributed by atoms with E-state index in [2.05, 4.69) is 6.92 Å². The summed E-state index contributed by atoms with van der Waals surface area (Å²) in [6.07, 6.45) is 0. The summed E-state index contributed by atoms with van der Waals surface area (Å²) in [4.78, 5) is 0. The van der Waals surface area contributed by atoms with Crippen LogP contribution >= 0.6 is 0 Å². The van der Waals surface area contributed by atoms with Gasteiger partial charge >= 0.3 is 0 Å². The zero-order chi connectivity index (χ0) is 10.9. The van der Waals surface area contributed by atoms with Crippen molar-refractivity contribution >= 4 is 0 Å². The summed E-state index contributed by atoms with van der Waals surface area (Å²) in [5, 5.41) is 8.54. The van der Waals surface area contributed by atoms with Crippen molar-refractivity contribution < 1.29 is 22.2 Å². The van der Waals surface area contributed by atoms with Crippen molar-refractivity contribution in [2.45, 2.75) is 6.61 Å². The molecule has 1 nitrogen and oxygen atoms in total. The molecule has 86 valence electrons. The van der Waals surface area contributed by atoms with Gasteiger partial charge in [0.25, 0.3) is 0 Å². The van der Waals surface area contributed by atoms with Gasteiger partial charge in [0.05, 0.1) is 6.61 Å². The van der Waals surface area contributed by atoms with Crippen molar-refractivity contribution in [3.63, 3.8) is 0 Å². The van der Waals surface area contributed by atoms with Crippen LogP contribution in [0.25, 0.3) is 0 Å². The van der Waals surface area contributed by atoms with Crippen molar-refractivity contribution in [1.82, 2.24) is 0 Å². The largest absolute Gasteiger partial charge is 0.392 e. The second kappa shape index (κ2) is 9.05. The molecule has 0 aromatic heterocycles. The fourth-order valence-electron chi connectivity index (χ4n) is 1.06. The molecular formula is C14H15FeO-. The normalized spacial score (nSPS) is 8.31. The van der Waals surface area contributed by atoms with Crippen molar-refractivity contribution in [3.05, 3.63) is 78.7 Å². The SMILES string of the molecule is OCc1ccccc1.[CH2-]c1ccccc1.[Fe]. The zero-order valence-electron chi connectivity index (χ0n) is 8.99. The van der Waals surface area contributed by atoms with Gasteiger partial charge in [-0.2, -0.15) is 24.6 Å². The Balaban J connectivity index is 0.000000267. The Morgan fingerprint density at radius 1 is 0.812 bits per heavy atom. The van der Waals surface area contributed by atoms with Gasteiger partial charge in [-0.3, -0.25) is 0 Å². The summed E-state index contributed by atoms with van der Waals surface area (Å²) < 4.78 is 0. The molecule has 0 atom stereocenters. The van der Waals surface area contributed by atoms with Crippen LogP contribution in [0.15, 0.2) is 60.7 Å². The summed E-state index contributed by atoms with van der Waals surface area (Å²) in [5.41, 5.74) is 2.04. The molecule has 2 heteroatoms. The van der Waals surface area contributed by atoms with Crippen LogP contribution in [0.1, 0.15) is 11.1 Å². The number of hydrogen-bond acceptors (Lipinski definition) is 1. The van der Waals surface area contributed by atoms with Crippen LogP contribution in [-0.2, 0) is 23.7 Å². The summed E-state index contributed by atoms with van der Waals surface area (Å²) in [5.74, 6) is 0. The van der Waals surface area contributed by atoms with Crippen LogP contribution in [0.5, 0.6) is 0 Å². The van der Waals surface area contributed by atoms with E-state index in [1.807, 2.05) is 60.7 Å². The predicted molar refractivity (Wildman–Crippen MR) is 63.3 cm³/mol. The minimum atomic E-state index is 0. The van der Waals surface area contributed by atoms with Crippen LogP contribution in [-0.4, -0.2) is 5.11 Å². The Morgan fingerprint density at radius 2 is 1.25 bits per heavy atom. The van der Waals surface area contributed by atoms with E-state index in [4.69, 9.17) is 5.11 Å². The first-order chi connectivity index (χ1) is 7.33. The Labute approximate surface area is 108 Å². The third kappa shape index (κ3) is 6.31. The Hall–Kier alpha value is -1.21. The molecule has 2 aromatic carbocycles. The molecule has 0 saturated heterocycles. The molecule has 0 bridgehead atoms. The van der Waals surface area contributed by atoms with Gasteiger partial charge in [-0.1, -0.05) is 36.4 Å². The zero-order valence-corrected chi connectivity index (χ0v) is 10.1. The van der Waals surface area contributed by atoms with E-state index in [-0.39, 0.29) is 23.7 Å². The molecule has 0 aliphatic heterocycles. The Kier molecular flexibility index (Phi) is 8.36. The van der Waals surface area contributed by atoms with E-state index < -0.39 is 0 Å². The van der Waals surface area contributed by atoms with Crippen molar-refractivity contribution in [2.75, 3.05) is 0 Å². The molecule has 0 aliphatic rings. The molecule has 0 fully saturated rings. The quantitative estimate of drug-likeness (QED) is 0.613. The summed E-state index contributed by atoms with van der Waals surface area (Å²) in [7, 11) is 0. The second-order valence-corrected chi connectivity index (χ2v) is 3.13. The van der Waals surface area contributed by atoms with Crippen LogP contribution < -0.4 is 0 Å². The predicted octanol–water partition coefficient (Wildman–Crippen LogP) is 3.05. The molecule has 0 radical (unpaired) electrons. The molecule has 0 aliphatic carbocycles. The molecule has 1 N–H and O–H groups in total. The van der Waals surface area contributed by atoms with Crippen LogP contribution in [0, 0.1) is 6.92 Å². The maximum atomic E-state index is 8.54. The molecule has 16 heavy (non-hydrogen) atoms. The third-order valence-corrected chi connectivity index (χ3v) is 1.87. The number of aliphatic hydroxyl groups is 1. The van der Waals surface area contributed by atoms with Gasteiger partial charge in [0.15, 0.2) is 0 Å². The molecule has 0 unspecified atom stereocenters. The van der Waals surface area contributed by atoms with Gasteiger partial charge in [0, 0.05) is 17.1 Å². The van der Waals surface area contributed by atoms with Gasteiger partial charge in [0.2, 0.25) is 0 Å². The Morgan fingerprint density at radius 3 is 1.50 bits per heavy atom. The van der Waals surface area contributed by atoms with Crippen LogP contribution in [0.3, 0.4) is 0 Å². The minimum absolute atomic E-state index is 0. The summed E-state index contributed by atoms with van der Waals surface area (Å²) >= 11 is 0. The monoisotopic (exact) mass is 255 g/mol. The summed E-state index contributed by atoms with van der Waals surface area (Å²) in [6, 6.07) is 19.4.